The first-order valence-corrected chi connectivity index (χ1v) is 4.91. The summed E-state index contributed by atoms with van der Waals surface area (Å²) in [5.41, 5.74) is 0.901. The van der Waals surface area contributed by atoms with E-state index in [1.54, 1.807) is 12.3 Å². The standard InChI is InChI=1S/C10H12BrNO/c1-2-3-10(13)6-9-5-4-8(11)7-12-9/h2,4-5,7,10,13H,1,3,6H2. The zero-order valence-corrected chi connectivity index (χ0v) is 8.87. The van der Waals surface area contributed by atoms with Crippen LogP contribution in [0.15, 0.2) is 35.5 Å². The summed E-state index contributed by atoms with van der Waals surface area (Å²) < 4.78 is 0.953. The first-order valence-electron chi connectivity index (χ1n) is 4.11. The predicted molar refractivity (Wildman–Crippen MR) is 56.5 cm³/mol. The van der Waals surface area contributed by atoms with E-state index in [9.17, 15) is 5.11 Å². The molecule has 1 rings (SSSR count). The molecule has 70 valence electrons. The number of pyridine rings is 1. The third kappa shape index (κ3) is 3.70. The fourth-order valence-electron chi connectivity index (χ4n) is 1.04. The monoisotopic (exact) mass is 241 g/mol. The van der Waals surface area contributed by atoms with Crippen molar-refractivity contribution in [1.29, 1.82) is 0 Å². The molecule has 0 spiro atoms. The topological polar surface area (TPSA) is 33.1 Å². The molecule has 1 heterocycles. The van der Waals surface area contributed by atoms with Gasteiger partial charge < -0.3 is 5.11 Å². The van der Waals surface area contributed by atoms with E-state index in [0.29, 0.717) is 12.8 Å². The Morgan fingerprint density at radius 3 is 2.92 bits per heavy atom. The van der Waals surface area contributed by atoms with Gasteiger partial charge in [-0.3, -0.25) is 4.98 Å². The van der Waals surface area contributed by atoms with Gasteiger partial charge in [0.2, 0.25) is 0 Å². The molecule has 3 heteroatoms. The molecule has 1 aromatic rings. The molecule has 1 unspecified atom stereocenters. The number of aliphatic hydroxyl groups is 1. The molecule has 0 saturated carbocycles. The lowest BCUT2D eigenvalue weighted by molar-refractivity contribution is 0.177. The maximum atomic E-state index is 9.45. The normalized spacial score (nSPS) is 12.5. The zero-order chi connectivity index (χ0) is 9.68. The van der Waals surface area contributed by atoms with Crippen LogP contribution in [-0.4, -0.2) is 16.2 Å². The summed E-state index contributed by atoms with van der Waals surface area (Å²) in [4.78, 5) is 4.16. The Balaban J connectivity index is 2.53. The highest BCUT2D eigenvalue weighted by Crippen LogP contribution is 2.09. The molecule has 1 aromatic heterocycles. The fraction of sp³-hybridized carbons (Fsp3) is 0.300. The second-order valence-corrected chi connectivity index (χ2v) is 3.77. The summed E-state index contributed by atoms with van der Waals surface area (Å²) in [6.45, 7) is 3.57. The number of aromatic nitrogens is 1. The Bertz CT molecular complexity index is 271. The van der Waals surface area contributed by atoms with Gasteiger partial charge in [-0.2, -0.15) is 0 Å². The van der Waals surface area contributed by atoms with Crippen LogP contribution in [0.4, 0.5) is 0 Å². The SMILES string of the molecule is C=CCC(O)Cc1ccc(Br)cn1. The minimum atomic E-state index is -0.369. The van der Waals surface area contributed by atoms with Crippen LogP contribution in [0.3, 0.4) is 0 Å². The lowest BCUT2D eigenvalue weighted by Gasteiger charge is -2.06. The molecule has 0 saturated heterocycles. The Morgan fingerprint density at radius 2 is 2.38 bits per heavy atom. The van der Waals surface area contributed by atoms with Crippen molar-refractivity contribution in [3.8, 4) is 0 Å². The molecule has 0 bridgehead atoms. The van der Waals surface area contributed by atoms with Gasteiger partial charge in [0.15, 0.2) is 0 Å². The molecule has 1 N–H and O–H groups in total. The van der Waals surface area contributed by atoms with Crippen molar-refractivity contribution < 1.29 is 5.11 Å². The van der Waals surface area contributed by atoms with Crippen LogP contribution in [-0.2, 0) is 6.42 Å². The van der Waals surface area contributed by atoms with E-state index in [1.165, 1.54) is 0 Å². The van der Waals surface area contributed by atoms with Crippen LogP contribution in [0, 0.1) is 0 Å². The number of rotatable bonds is 4. The lowest BCUT2D eigenvalue weighted by Crippen LogP contribution is -2.09. The van der Waals surface area contributed by atoms with Gasteiger partial charge in [0.25, 0.3) is 0 Å². The highest BCUT2D eigenvalue weighted by Gasteiger charge is 2.03. The second-order valence-electron chi connectivity index (χ2n) is 2.85. The van der Waals surface area contributed by atoms with E-state index in [4.69, 9.17) is 0 Å². The lowest BCUT2D eigenvalue weighted by atomic mass is 10.1. The molecule has 0 fully saturated rings. The van der Waals surface area contributed by atoms with Gasteiger partial charge >= 0.3 is 0 Å². The van der Waals surface area contributed by atoms with Gasteiger partial charge in [-0.25, -0.2) is 0 Å². The predicted octanol–water partition coefficient (Wildman–Crippen LogP) is 2.32. The fourth-order valence-corrected chi connectivity index (χ4v) is 1.28. The minimum Gasteiger partial charge on any atom is -0.392 e. The maximum Gasteiger partial charge on any atom is 0.0629 e. The molecule has 0 aliphatic rings. The molecule has 1 atom stereocenters. The molecule has 2 nitrogen and oxygen atoms in total. The second kappa shape index (κ2) is 5.14. The van der Waals surface area contributed by atoms with Gasteiger partial charge in [-0.1, -0.05) is 6.08 Å². The smallest absolute Gasteiger partial charge is 0.0629 e. The average Bonchev–Trinajstić information content (AvgIpc) is 2.09. The van der Waals surface area contributed by atoms with Gasteiger partial charge in [-0.05, 0) is 34.5 Å². The summed E-state index contributed by atoms with van der Waals surface area (Å²) in [7, 11) is 0. The zero-order valence-electron chi connectivity index (χ0n) is 7.28. The quantitative estimate of drug-likeness (QED) is 0.822. The molecule has 0 aromatic carbocycles. The van der Waals surface area contributed by atoms with Gasteiger partial charge in [0.05, 0.1) is 6.10 Å². The van der Waals surface area contributed by atoms with Crippen molar-refractivity contribution in [2.45, 2.75) is 18.9 Å². The van der Waals surface area contributed by atoms with E-state index in [2.05, 4.69) is 27.5 Å². The van der Waals surface area contributed by atoms with Crippen molar-refractivity contribution in [3.63, 3.8) is 0 Å². The molecule has 0 aliphatic heterocycles. The molecular weight excluding hydrogens is 230 g/mol. The van der Waals surface area contributed by atoms with Crippen molar-refractivity contribution in [3.05, 3.63) is 41.2 Å². The van der Waals surface area contributed by atoms with Crippen molar-refractivity contribution in [2.24, 2.45) is 0 Å². The number of nitrogens with zero attached hydrogens (tertiary/aromatic N) is 1. The van der Waals surface area contributed by atoms with Gasteiger partial charge in [-0.15, -0.1) is 6.58 Å². The largest absolute Gasteiger partial charge is 0.392 e. The van der Waals surface area contributed by atoms with Crippen LogP contribution in [0.5, 0.6) is 0 Å². The number of hydrogen-bond acceptors (Lipinski definition) is 2. The Morgan fingerprint density at radius 1 is 1.62 bits per heavy atom. The summed E-state index contributed by atoms with van der Waals surface area (Å²) in [6.07, 6.45) is 4.27. The minimum absolute atomic E-state index is 0.369. The highest BCUT2D eigenvalue weighted by atomic mass is 79.9. The highest BCUT2D eigenvalue weighted by molar-refractivity contribution is 9.10. The van der Waals surface area contributed by atoms with Crippen molar-refractivity contribution in [1.82, 2.24) is 4.98 Å². The van der Waals surface area contributed by atoms with Crippen LogP contribution in [0.1, 0.15) is 12.1 Å². The summed E-state index contributed by atoms with van der Waals surface area (Å²) in [5.74, 6) is 0. The van der Waals surface area contributed by atoms with Crippen LogP contribution >= 0.6 is 15.9 Å². The summed E-state index contributed by atoms with van der Waals surface area (Å²) in [5, 5.41) is 9.45. The average molecular weight is 242 g/mol. The van der Waals surface area contributed by atoms with E-state index in [-0.39, 0.29) is 6.10 Å². The Labute approximate surface area is 86.4 Å². The first-order chi connectivity index (χ1) is 6.22. The molecule has 13 heavy (non-hydrogen) atoms. The van der Waals surface area contributed by atoms with Crippen LogP contribution in [0.2, 0.25) is 0 Å². The maximum absolute atomic E-state index is 9.45. The van der Waals surface area contributed by atoms with E-state index < -0.39 is 0 Å². The van der Waals surface area contributed by atoms with Gasteiger partial charge in [0, 0.05) is 22.8 Å². The van der Waals surface area contributed by atoms with Crippen LogP contribution < -0.4 is 0 Å². The van der Waals surface area contributed by atoms with Crippen molar-refractivity contribution in [2.75, 3.05) is 0 Å². The summed E-state index contributed by atoms with van der Waals surface area (Å²) in [6, 6.07) is 3.82. The van der Waals surface area contributed by atoms with Gasteiger partial charge in [0.1, 0.15) is 0 Å². The third-order valence-electron chi connectivity index (χ3n) is 1.67. The van der Waals surface area contributed by atoms with E-state index >= 15 is 0 Å². The summed E-state index contributed by atoms with van der Waals surface area (Å²) >= 11 is 3.30. The van der Waals surface area contributed by atoms with Crippen LogP contribution in [0.25, 0.3) is 0 Å². The van der Waals surface area contributed by atoms with E-state index in [0.717, 1.165) is 10.2 Å². The van der Waals surface area contributed by atoms with E-state index in [1.807, 2.05) is 12.1 Å². The Hall–Kier alpha value is -0.670. The number of hydrogen-bond donors (Lipinski definition) is 1. The molecular formula is C10H12BrNO. The Kier molecular flexibility index (Phi) is 4.12. The first kappa shape index (κ1) is 10.4. The number of halogens is 1. The molecule has 0 amide bonds. The van der Waals surface area contributed by atoms with Crippen molar-refractivity contribution >= 4 is 15.9 Å². The molecule has 0 radical (unpaired) electrons. The molecule has 0 aliphatic carbocycles. The third-order valence-corrected chi connectivity index (χ3v) is 2.14. The number of aliphatic hydroxyl groups excluding tert-OH is 1.